The molecular weight excluding hydrogens is 374 g/mol. The van der Waals surface area contributed by atoms with E-state index in [9.17, 15) is 14.7 Å². The van der Waals surface area contributed by atoms with E-state index < -0.39 is 5.91 Å². The second-order valence-electron chi connectivity index (χ2n) is 6.96. The van der Waals surface area contributed by atoms with Gasteiger partial charge in [0.1, 0.15) is 5.75 Å². The Morgan fingerprint density at radius 1 is 0.833 bits per heavy atom. The number of ketones is 1. The van der Waals surface area contributed by atoms with Crippen molar-refractivity contribution in [3.05, 3.63) is 101 Å². The van der Waals surface area contributed by atoms with Crippen molar-refractivity contribution in [2.24, 2.45) is 0 Å². The number of rotatable bonds is 7. The smallest absolute Gasteiger partial charge is 0.259 e. The first-order valence-electron chi connectivity index (χ1n) is 10.1. The van der Waals surface area contributed by atoms with Gasteiger partial charge >= 0.3 is 0 Å². The third kappa shape index (κ3) is 4.84. The average molecular weight is 399 g/mol. The number of phenols is 1. The monoisotopic (exact) mass is 399 g/mol. The van der Waals surface area contributed by atoms with E-state index in [1.807, 2.05) is 38.1 Å². The lowest BCUT2D eigenvalue weighted by molar-refractivity contribution is -0.112. The molecule has 0 aliphatic carbocycles. The van der Waals surface area contributed by atoms with Crippen LogP contribution in [-0.2, 0) is 17.6 Å². The van der Waals surface area contributed by atoms with Crippen LogP contribution in [0.4, 0.5) is 5.69 Å². The molecule has 30 heavy (non-hydrogen) atoms. The van der Waals surface area contributed by atoms with Gasteiger partial charge in [-0.15, -0.1) is 0 Å². The van der Waals surface area contributed by atoms with Crippen LogP contribution >= 0.6 is 0 Å². The Morgan fingerprint density at radius 2 is 1.43 bits per heavy atom. The zero-order chi connectivity index (χ0) is 21.5. The van der Waals surface area contributed by atoms with Crippen LogP contribution in [0.2, 0.25) is 0 Å². The number of aromatic hydroxyl groups is 1. The molecule has 0 unspecified atom stereocenters. The van der Waals surface area contributed by atoms with Crippen molar-refractivity contribution in [2.45, 2.75) is 26.7 Å². The largest absolute Gasteiger partial charge is 0.508 e. The molecule has 0 atom stereocenters. The van der Waals surface area contributed by atoms with Crippen molar-refractivity contribution in [3.63, 3.8) is 0 Å². The van der Waals surface area contributed by atoms with Crippen LogP contribution in [0.3, 0.4) is 0 Å². The number of Topliss-reactive ketones (excluding diaryl/α,β-unsaturated/α-hetero) is 1. The third-order valence-corrected chi connectivity index (χ3v) is 4.97. The second-order valence-corrected chi connectivity index (χ2v) is 6.96. The predicted molar refractivity (Wildman–Crippen MR) is 121 cm³/mol. The molecule has 3 rings (SSSR count). The number of hydrogen-bond acceptors (Lipinski definition) is 3. The van der Waals surface area contributed by atoms with Crippen molar-refractivity contribution in [2.75, 3.05) is 5.32 Å². The maximum absolute atomic E-state index is 13.3. The van der Waals surface area contributed by atoms with Crippen molar-refractivity contribution >= 4 is 23.5 Å². The summed E-state index contributed by atoms with van der Waals surface area (Å²) in [6, 6.07) is 21.1. The van der Waals surface area contributed by atoms with Gasteiger partial charge in [-0.25, -0.2) is 0 Å². The van der Waals surface area contributed by atoms with E-state index >= 15 is 0 Å². The van der Waals surface area contributed by atoms with Crippen LogP contribution in [0, 0.1) is 0 Å². The number of carbonyl (C=O) groups is 2. The van der Waals surface area contributed by atoms with Gasteiger partial charge in [-0.3, -0.25) is 9.59 Å². The van der Waals surface area contributed by atoms with Crippen LogP contribution in [0.15, 0.2) is 78.4 Å². The van der Waals surface area contributed by atoms with Gasteiger partial charge in [-0.2, -0.15) is 0 Å². The normalized spacial score (nSPS) is 11.2. The quantitative estimate of drug-likeness (QED) is 0.241. The van der Waals surface area contributed by atoms with Gasteiger partial charge < -0.3 is 10.4 Å². The Morgan fingerprint density at radius 3 is 2.00 bits per heavy atom. The number of amides is 1. The van der Waals surface area contributed by atoms with Gasteiger partial charge in [0.05, 0.1) is 5.57 Å². The number of phenolic OH excluding ortho intramolecular Hbond substituents is 1. The standard InChI is InChI=1S/C26H25NO3/c1-3-19-11-8-12-20(4-2)24(19)27-26(30)23(17-18-13-15-22(28)16-14-18)25(29)21-9-6-5-7-10-21/h5-17,28H,3-4H2,1-2H3,(H,27,30)/b23-17+. The van der Waals surface area contributed by atoms with E-state index in [0.717, 1.165) is 29.7 Å². The molecule has 4 heteroatoms. The molecule has 0 radical (unpaired) electrons. The molecule has 3 aromatic carbocycles. The Hall–Kier alpha value is -3.66. The Kier molecular flexibility index (Phi) is 6.81. The number of anilines is 1. The number of para-hydroxylation sites is 1. The number of aryl methyl sites for hydroxylation is 2. The molecule has 0 heterocycles. The molecule has 0 aliphatic heterocycles. The number of hydrogen-bond donors (Lipinski definition) is 2. The number of benzene rings is 3. The third-order valence-electron chi connectivity index (χ3n) is 4.97. The van der Waals surface area contributed by atoms with Crippen LogP contribution in [0.1, 0.15) is 40.9 Å². The molecule has 1 amide bonds. The van der Waals surface area contributed by atoms with E-state index in [1.165, 1.54) is 12.1 Å². The Bertz CT molecular complexity index is 1040. The SMILES string of the molecule is CCc1cccc(CC)c1NC(=O)/C(=C/c1ccc(O)cc1)C(=O)c1ccccc1. The molecule has 0 aliphatic rings. The first-order valence-corrected chi connectivity index (χ1v) is 10.1. The van der Waals surface area contributed by atoms with Crippen molar-refractivity contribution in [1.29, 1.82) is 0 Å². The lowest BCUT2D eigenvalue weighted by atomic mass is 9.98. The van der Waals surface area contributed by atoms with Gasteiger partial charge in [0.2, 0.25) is 0 Å². The molecule has 0 spiro atoms. The molecule has 2 N–H and O–H groups in total. The highest BCUT2D eigenvalue weighted by Crippen LogP contribution is 2.24. The summed E-state index contributed by atoms with van der Waals surface area (Å²) in [7, 11) is 0. The maximum Gasteiger partial charge on any atom is 0.259 e. The minimum Gasteiger partial charge on any atom is -0.508 e. The average Bonchev–Trinajstić information content (AvgIpc) is 2.78. The van der Waals surface area contributed by atoms with Gasteiger partial charge in [-0.05, 0) is 47.7 Å². The molecule has 152 valence electrons. The summed E-state index contributed by atoms with van der Waals surface area (Å²) in [5.41, 5.74) is 3.96. The van der Waals surface area contributed by atoms with E-state index in [2.05, 4.69) is 5.32 Å². The topological polar surface area (TPSA) is 66.4 Å². The van der Waals surface area contributed by atoms with E-state index in [0.29, 0.717) is 11.1 Å². The highest BCUT2D eigenvalue weighted by atomic mass is 16.3. The first kappa shape index (κ1) is 21.1. The van der Waals surface area contributed by atoms with Gasteiger partial charge in [-0.1, -0.05) is 74.5 Å². The van der Waals surface area contributed by atoms with Gasteiger partial charge in [0.15, 0.2) is 5.78 Å². The predicted octanol–water partition coefficient (Wildman–Crippen LogP) is 5.42. The molecule has 4 nitrogen and oxygen atoms in total. The molecule has 0 saturated carbocycles. The summed E-state index contributed by atoms with van der Waals surface area (Å²) in [6.45, 7) is 4.07. The van der Waals surface area contributed by atoms with E-state index in [-0.39, 0.29) is 17.1 Å². The van der Waals surface area contributed by atoms with Crippen LogP contribution < -0.4 is 5.32 Å². The van der Waals surface area contributed by atoms with Crippen LogP contribution in [0.5, 0.6) is 5.75 Å². The first-order chi connectivity index (χ1) is 14.5. The Labute approximate surface area is 176 Å². The van der Waals surface area contributed by atoms with Crippen LogP contribution in [-0.4, -0.2) is 16.8 Å². The van der Waals surface area contributed by atoms with Crippen LogP contribution in [0.25, 0.3) is 6.08 Å². The summed E-state index contributed by atoms with van der Waals surface area (Å²) in [6.07, 6.45) is 3.10. The van der Waals surface area contributed by atoms with E-state index in [1.54, 1.807) is 42.5 Å². The summed E-state index contributed by atoms with van der Waals surface area (Å²) < 4.78 is 0. The van der Waals surface area contributed by atoms with Gasteiger partial charge in [0, 0.05) is 11.3 Å². The summed E-state index contributed by atoms with van der Waals surface area (Å²) >= 11 is 0. The fourth-order valence-corrected chi connectivity index (χ4v) is 3.30. The summed E-state index contributed by atoms with van der Waals surface area (Å²) in [5.74, 6) is -0.683. The molecule has 0 fully saturated rings. The zero-order valence-corrected chi connectivity index (χ0v) is 17.2. The lowest BCUT2D eigenvalue weighted by Crippen LogP contribution is -2.22. The minimum atomic E-state index is -0.451. The number of nitrogens with one attached hydrogen (secondary N) is 1. The molecular formula is C26H25NO3. The molecule has 3 aromatic rings. The number of carbonyl (C=O) groups excluding carboxylic acids is 2. The summed E-state index contributed by atoms with van der Waals surface area (Å²) in [4.78, 5) is 26.5. The molecule has 0 saturated heterocycles. The fraction of sp³-hybridized carbons (Fsp3) is 0.154. The van der Waals surface area contributed by atoms with Crippen molar-refractivity contribution in [3.8, 4) is 5.75 Å². The van der Waals surface area contributed by atoms with Crippen molar-refractivity contribution < 1.29 is 14.7 Å². The molecule has 0 aromatic heterocycles. The van der Waals surface area contributed by atoms with E-state index in [4.69, 9.17) is 0 Å². The highest BCUT2D eigenvalue weighted by Gasteiger charge is 2.21. The van der Waals surface area contributed by atoms with Gasteiger partial charge in [0.25, 0.3) is 5.91 Å². The summed E-state index contributed by atoms with van der Waals surface area (Å²) in [5, 5.41) is 12.5. The Balaban J connectivity index is 2.03. The highest BCUT2D eigenvalue weighted by molar-refractivity contribution is 6.31. The fourth-order valence-electron chi connectivity index (χ4n) is 3.30. The second kappa shape index (κ2) is 9.70. The minimum absolute atomic E-state index is 0.0415. The maximum atomic E-state index is 13.3. The molecule has 0 bridgehead atoms. The lowest BCUT2D eigenvalue weighted by Gasteiger charge is -2.15. The van der Waals surface area contributed by atoms with Crippen molar-refractivity contribution in [1.82, 2.24) is 0 Å². The zero-order valence-electron chi connectivity index (χ0n) is 17.2.